The fraction of sp³-hybridized carbons (Fsp3) is 0.636. The lowest BCUT2D eigenvalue weighted by Gasteiger charge is -2.14. The highest BCUT2D eigenvalue weighted by Crippen LogP contribution is 2.19. The molecule has 1 rings (SSSR count). The monoisotopic (exact) mass is 245 g/mol. The molecule has 0 spiro atoms. The molecule has 1 atom stereocenters. The predicted octanol–water partition coefficient (Wildman–Crippen LogP) is 1.76. The van der Waals surface area contributed by atoms with E-state index in [2.05, 4.69) is 5.32 Å². The van der Waals surface area contributed by atoms with Crippen LogP contribution >= 0.6 is 0 Å². The van der Waals surface area contributed by atoms with Crippen LogP contribution in [0.25, 0.3) is 0 Å². The summed E-state index contributed by atoms with van der Waals surface area (Å²) in [6.45, 7) is 2.86. The van der Waals surface area contributed by atoms with Gasteiger partial charge in [0.15, 0.2) is 0 Å². The van der Waals surface area contributed by atoms with Gasteiger partial charge >= 0.3 is 0 Å². The summed E-state index contributed by atoms with van der Waals surface area (Å²) in [4.78, 5) is 0. The van der Waals surface area contributed by atoms with E-state index in [0.29, 0.717) is 6.42 Å². The molecular weight excluding hydrogens is 226 g/mol. The summed E-state index contributed by atoms with van der Waals surface area (Å²) in [6, 6.07) is 3.87. The summed E-state index contributed by atoms with van der Waals surface area (Å²) in [6.07, 6.45) is 4.32. The van der Waals surface area contributed by atoms with Gasteiger partial charge in [-0.05, 0) is 31.5 Å². The molecule has 1 unspecified atom stereocenters. The van der Waals surface area contributed by atoms with E-state index in [-0.39, 0.29) is 11.8 Å². The minimum absolute atomic E-state index is 0.113. The van der Waals surface area contributed by atoms with Crippen LogP contribution < -0.4 is 5.32 Å². The molecule has 5 heteroatoms. The van der Waals surface area contributed by atoms with Crippen LogP contribution in [0.4, 0.5) is 0 Å². The maximum absolute atomic E-state index is 11.0. The standard InChI is InChI=1S/C11H19NO3S/c1-3-12-10(11-7-4-8-15-11)6-5-9-16(2,13)14/h4,7-8,10,12H,3,5-6,9H2,1-2H3. The van der Waals surface area contributed by atoms with E-state index in [4.69, 9.17) is 4.42 Å². The highest BCUT2D eigenvalue weighted by Gasteiger charge is 2.13. The molecule has 1 N–H and O–H groups in total. The SMILES string of the molecule is CCNC(CCCS(C)(=O)=O)c1ccco1. The van der Waals surface area contributed by atoms with Gasteiger partial charge in [-0.2, -0.15) is 0 Å². The Morgan fingerprint density at radius 1 is 1.50 bits per heavy atom. The van der Waals surface area contributed by atoms with Crippen LogP contribution in [0.1, 0.15) is 31.6 Å². The molecule has 0 saturated heterocycles. The lowest BCUT2D eigenvalue weighted by molar-refractivity contribution is 0.399. The summed E-state index contributed by atoms with van der Waals surface area (Å²) >= 11 is 0. The Balaban J connectivity index is 2.47. The predicted molar refractivity (Wildman–Crippen MR) is 64.1 cm³/mol. The van der Waals surface area contributed by atoms with Gasteiger partial charge in [0.1, 0.15) is 15.6 Å². The lowest BCUT2D eigenvalue weighted by Crippen LogP contribution is -2.21. The van der Waals surface area contributed by atoms with Gasteiger partial charge in [-0.15, -0.1) is 0 Å². The van der Waals surface area contributed by atoms with Gasteiger partial charge in [-0.3, -0.25) is 0 Å². The highest BCUT2D eigenvalue weighted by molar-refractivity contribution is 7.90. The van der Waals surface area contributed by atoms with E-state index in [0.717, 1.165) is 18.7 Å². The maximum Gasteiger partial charge on any atom is 0.147 e. The van der Waals surface area contributed by atoms with Gasteiger partial charge in [-0.1, -0.05) is 6.92 Å². The summed E-state index contributed by atoms with van der Waals surface area (Å²) < 4.78 is 27.3. The molecule has 92 valence electrons. The van der Waals surface area contributed by atoms with E-state index in [1.54, 1.807) is 6.26 Å². The van der Waals surface area contributed by atoms with E-state index < -0.39 is 9.84 Å². The van der Waals surface area contributed by atoms with Crippen molar-refractivity contribution in [2.45, 2.75) is 25.8 Å². The van der Waals surface area contributed by atoms with Crippen LogP contribution in [0.15, 0.2) is 22.8 Å². The van der Waals surface area contributed by atoms with Crippen molar-refractivity contribution in [3.8, 4) is 0 Å². The van der Waals surface area contributed by atoms with Crippen molar-refractivity contribution in [3.63, 3.8) is 0 Å². The number of hydrogen-bond acceptors (Lipinski definition) is 4. The Morgan fingerprint density at radius 2 is 2.25 bits per heavy atom. The third-order valence-corrected chi connectivity index (χ3v) is 3.38. The Labute approximate surface area is 97.0 Å². The first kappa shape index (κ1) is 13.3. The lowest BCUT2D eigenvalue weighted by atomic mass is 10.1. The van der Waals surface area contributed by atoms with Crippen molar-refractivity contribution < 1.29 is 12.8 Å². The van der Waals surface area contributed by atoms with Crippen molar-refractivity contribution in [2.75, 3.05) is 18.6 Å². The van der Waals surface area contributed by atoms with Crippen LogP contribution in [0.5, 0.6) is 0 Å². The summed E-state index contributed by atoms with van der Waals surface area (Å²) in [5.41, 5.74) is 0. The third-order valence-electron chi connectivity index (χ3n) is 2.35. The highest BCUT2D eigenvalue weighted by atomic mass is 32.2. The van der Waals surface area contributed by atoms with Gasteiger partial charge in [0, 0.05) is 12.0 Å². The average molecular weight is 245 g/mol. The minimum atomic E-state index is -2.86. The normalized spacial score (nSPS) is 13.9. The number of nitrogens with one attached hydrogen (secondary N) is 1. The quantitative estimate of drug-likeness (QED) is 0.795. The molecule has 0 radical (unpaired) electrons. The molecule has 0 bridgehead atoms. The molecule has 0 aliphatic carbocycles. The van der Waals surface area contributed by atoms with Crippen LogP contribution in [-0.2, 0) is 9.84 Å². The van der Waals surface area contributed by atoms with Crippen LogP contribution in [0, 0.1) is 0 Å². The number of furan rings is 1. The fourth-order valence-electron chi connectivity index (χ4n) is 1.63. The smallest absolute Gasteiger partial charge is 0.147 e. The van der Waals surface area contributed by atoms with Gasteiger partial charge in [0.05, 0.1) is 12.3 Å². The summed E-state index contributed by atoms with van der Waals surface area (Å²) in [5.74, 6) is 1.10. The van der Waals surface area contributed by atoms with Gasteiger partial charge in [0.2, 0.25) is 0 Å². The number of sulfone groups is 1. The van der Waals surface area contributed by atoms with E-state index >= 15 is 0 Å². The first-order valence-corrected chi connectivity index (χ1v) is 7.53. The Bertz CT molecular complexity index is 383. The second-order valence-corrected chi connectivity index (χ2v) is 6.16. The van der Waals surface area contributed by atoms with Crippen LogP contribution in [0.3, 0.4) is 0 Å². The molecule has 1 aromatic heterocycles. The number of hydrogen-bond donors (Lipinski definition) is 1. The largest absolute Gasteiger partial charge is 0.468 e. The zero-order chi connectivity index (χ0) is 12.0. The second-order valence-electron chi connectivity index (χ2n) is 3.90. The molecule has 0 aromatic carbocycles. The third kappa shape index (κ3) is 4.81. The molecule has 0 aliphatic heterocycles. The minimum Gasteiger partial charge on any atom is -0.468 e. The van der Waals surface area contributed by atoms with Gasteiger partial charge in [-0.25, -0.2) is 8.42 Å². The average Bonchev–Trinajstić information content (AvgIpc) is 2.67. The van der Waals surface area contributed by atoms with E-state index in [1.807, 2.05) is 19.1 Å². The van der Waals surface area contributed by atoms with Crippen molar-refractivity contribution in [1.82, 2.24) is 5.32 Å². The van der Waals surface area contributed by atoms with Crippen molar-refractivity contribution in [3.05, 3.63) is 24.2 Å². The maximum atomic E-state index is 11.0. The van der Waals surface area contributed by atoms with Gasteiger partial charge < -0.3 is 9.73 Å². The first-order chi connectivity index (χ1) is 7.53. The molecule has 1 heterocycles. The fourth-order valence-corrected chi connectivity index (χ4v) is 2.32. The molecule has 0 amide bonds. The Hall–Kier alpha value is -0.810. The number of rotatable bonds is 7. The van der Waals surface area contributed by atoms with E-state index in [1.165, 1.54) is 6.26 Å². The molecule has 0 fully saturated rings. The second kappa shape index (κ2) is 6.06. The van der Waals surface area contributed by atoms with E-state index in [9.17, 15) is 8.42 Å². The Kier molecular flexibility index (Phi) is 5.02. The molecule has 0 saturated carbocycles. The summed E-state index contributed by atoms with van der Waals surface area (Å²) in [5, 5.41) is 3.28. The van der Waals surface area contributed by atoms with Crippen molar-refractivity contribution in [1.29, 1.82) is 0 Å². The molecular formula is C11H19NO3S. The van der Waals surface area contributed by atoms with Gasteiger partial charge in [0.25, 0.3) is 0 Å². The first-order valence-electron chi connectivity index (χ1n) is 5.47. The van der Waals surface area contributed by atoms with Crippen LogP contribution in [-0.4, -0.2) is 27.0 Å². The molecule has 4 nitrogen and oxygen atoms in total. The Morgan fingerprint density at radius 3 is 2.75 bits per heavy atom. The van der Waals surface area contributed by atoms with Crippen molar-refractivity contribution >= 4 is 9.84 Å². The van der Waals surface area contributed by atoms with Crippen LogP contribution in [0.2, 0.25) is 0 Å². The van der Waals surface area contributed by atoms with Crippen molar-refractivity contribution in [2.24, 2.45) is 0 Å². The molecule has 0 aliphatic rings. The topological polar surface area (TPSA) is 59.3 Å². The molecule has 1 aromatic rings. The summed E-state index contributed by atoms with van der Waals surface area (Å²) in [7, 11) is -2.86. The molecule has 16 heavy (non-hydrogen) atoms. The zero-order valence-corrected chi connectivity index (χ0v) is 10.6. The zero-order valence-electron chi connectivity index (χ0n) is 9.77.